The number of nitrogens with two attached hydrogens (primary N) is 1. The Morgan fingerprint density at radius 2 is 1.74 bits per heavy atom. The van der Waals surface area contributed by atoms with E-state index in [1.165, 1.54) is 0 Å². The zero-order valence-electron chi connectivity index (χ0n) is 10.8. The SMILES string of the molecule is Cc1cc(Oc2nc(Cl)nc(C)c2N)cc(C)c1Br. The van der Waals surface area contributed by atoms with Crippen LogP contribution >= 0.6 is 27.5 Å². The minimum Gasteiger partial charge on any atom is -0.437 e. The van der Waals surface area contributed by atoms with Crippen LogP contribution in [0.25, 0.3) is 0 Å². The topological polar surface area (TPSA) is 61.0 Å². The van der Waals surface area contributed by atoms with Gasteiger partial charge in [-0.15, -0.1) is 0 Å². The molecule has 0 spiro atoms. The van der Waals surface area contributed by atoms with E-state index in [0.717, 1.165) is 15.6 Å². The van der Waals surface area contributed by atoms with Crippen molar-refractivity contribution >= 4 is 33.2 Å². The smallest absolute Gasteiger partial charge is 0.247 e. The van der Waals surface area contributed by atoms with Crippen molar-refractivity contribution in [1.29, 1.82) is 0 Å². The second-order valence-electron chi connectivity index (χ2n) is 4.27. The molecular formula is C13H13BrClN3O. The number of benzene rings is 1. The molecule has 2 rings (SSSR count). The summed E-state index contributed by atoms with van der Waals surface area (Å²) >= 11 is 9.32. The highest BCUT2D eigenvalue weighted by Crippen LogP contribution is 2.32. The maximum atomic E-state index is 5.89. The highest BCUT2D eigenvalue weighted by atomic mass is 79.9. The largest absolute Gasteiger partial charge is 0.437 e. The lowest BCUT2D eigenvalue weighted by atomic mass is 10.1. The molecule has 0 aliphatic carbocycles. The van der Waals surface area contributed by atoms with E-state index in [-0.39, 0.29) is 11.2 Å². The molecule has 6 heteroatoms. The molecule has 0 unspecified atom stereocenters. The van der Waals surface area contributed by atoms with Crippen molar-refractivity contribution in [2.45, 2.75) is 20.8 Å². The van der Waals surface area contributed by atoms with E-state index in [1.807, 2.05) is 26.0 Å². The quantitative estimate of drug-likeness (QED) is 0.831. The summed E-state index contributed by atoms with van der Waals surface area (Å²) in [5, 5.41) is 0.118. The summed E-state index contributed by atoms with van der Waals surface area (Å²) in [7, 11) is 0. The molecule has 0 fully saturated rings. The fourth-order valence-corrected chi connectivity index (χ4v) is 2.11. The maximum absolute atomic E-state index is 5.89. The predicted octanol–water partition coefficient (Wildman–Crippen LogP) is 4.19. The molecule has 1 aromatic carbocycles. The molecule has 4 nitrogen and oxygen atoms in total. The highest BCUT2D eigenvalue weighted by molar-refractivity contribution is 9.10. The van der Waals surface area contributed by atoms with Gasteiger partial charge in [-0.2, -0.15) is 4.98 Å². The molecule has 0 aliphatic heterocycles. The number of hydrogen-bond acceptors (Lipinski definition) is 4. The van der Waals surface area contributed by atoms with Crippen molar-refractivity contribution in [1.82, 2.24) is 9.97 Å². The Balaban J connectivity index is 2.42. The number of nitrogen functional groups attached to an aromatic ring is 1. The summed E-state index contributed by atoms with van der Waals surface area (Å²) in [6, 6.07) is 3.81. The summed E-state index contributed by atoms with van der Waals surface area (Å²) in [5.74, 6) is 0.942. The third kappa shape index (κ3) is 2.98. The minimum atomic E-state index is 0.118. The van der Waals surface area contributed by atoms with Crippen molar-refractivity contribution in [2.75, 3.05) is 5.73 Å². The van der Waals surface area contributed by atoms with Gasteiger partial charge in [0.15, 0.2) is 0 Å². The minimum absolute atomic E-state index is 0.118. The zero-order chi connectivity index (χ0) is 14.2. The van der Waals surface area contributed by atoms with E-state index >= 15 is 0 Å². The zero-order valence-corrected chi connectivity index (χ0v) is 13.1. The second kappa shape index (κ2) is 5.35. The third-order valence-corrected chi connectivity index (χ3v) is 4.12. The number of halogens is 2. The normalized spacial score (nSPS) is 10.6. The van der Waals surface area contributed by atoms with Gasteiger partial charge in [-0.05, 0) is 55.6 Å². The molecule has 0 radical (unpaired) electrons. The standard InChI is InChI=1S/C13H13BrClN3O/c1-6-4-9(5-7(2)10(6)14)19-12-11(16)8(3)17-13(15)18-12/h4-5H,16H2,1-3H3. The van der Waals surface area contributed by atoms with Gasteiger partial charge < -0.3 is 10.5 Å². The third-order valence-electron chi connectivity index (χ3n) is 2.70. The molecule has 0 amide bonds. The number of aryl methyl sites for hydroxylation is 3. The van der Waals surface area contributed by atoms with E-state index in [9.17, 15) is 0 Å². The number of anilines is 1. The van der Waals surface area contributed by atoms with Gasteiger partial charge in [0.05, 0.1) is 5.69 Å². The molecule has 2 N–H and O–H groups in total. The Hall–Kier alpha value is -1.33. The summed E-state index contributed by atoms with van der Waals surface area (Å²) in [6.07, 6.45) is 0. The first-order valence-electron chi connectivity index (χ1n) is 5.62. The van der Waals surface area contributed by atoms with E-state index in [0.29, 0.717) is 17.1 Å². The van der Waals surface area contributed by atoms with Crippen LogP contribution in [0.3, 0.4) is 0 Å². The average molecular weight is 343 g/mol. The first-order valence-corrected chi connectivity index (χ1v) is 6.79. The average Bonchev–Trinajstić information content (AvgIpc) is 2.32. The summed E-state index contributed by atoms with van der Waals surface area (Å²) < 4.78 is 6.77. The Morgan fingerprint density at radius 1 is 1.16 bits per heavy atom. The van der Waals surface area contributed by atoms with Crippen molar-refractivity contribution in [3.63, 3.8) is 0 Å². The number of ether oxygens (including phenoxy) is 1. The van der Waals surface area contributed by atoms with Gasteiger partial charge >= 0.3 is 0 Å². The van der Waals surface area contributed by atoms with Crippen LogP contribution < -0.4 is 10.5 Å². The number of aromatic nitrogens is 2. The molecule has 1 heterocycles. The van der Waals surface area contributed by atoms with Gasteiger partial charge in [-0.3, -0.25) is 0 Å². The molecule has 0 aliphatic rings. The van der Waals surface area contributed by atoms with Gasteiger partial charge in [0.1, 0.15) is 11.4 Å². The summed E-state index contributed by atoms with van der Waals surface area (Å²) in [4.78, 5) is 7.97. The maximum Gasteiger partial charge on any atom is 0.247 e. The molecule has 1 aromatic heterocycles. The van der Waals surface area contributed by atoms with E-state index in [4.69, 9.17) is 22.1 Å². The Bertz CT molecular complexity index is 623. The van der Waals surface area contributed by atoms with Crippen LogP contribution in [-0.4, -0.2) is 9.97 Å². The summed E-state index contributed by atoms with van der Waals surface area (Å²) in [6.45, 7) is 5.74. The van der Waals surface area contributed by atoms with Crippen LogP contribution in [0.4, 0.5) is 5.69 Å². The molecule has 0 saturated heterocycles. The van der Waals surface area contributed by atoms with Crippen LogP contribution in [0.15, 0.2) is 16.6 Å². The van der Waals surface area contributed by atoms with E-state index < -0.39 is 0 Å². The first-order chi connectivity index (χ1) is 8.88. The Kier molecular flexibility index (Phi) is 3.96. The molecular weight excluding hydrogens is 330 g/mol. The van der Waals surface area contributed by atoms with Gasteiger partial charge in [-0.1, -0.05) is 15.9 Å². The molecule has 0 bridgehead atoms. The second-order valence-corrected chi connectivity index (χ2v) is 5.40. The fourth-order valence-electron chi connectivity index (χ4n) is 1.68. The number of hydrogen-bond donors (Lipinski definition) is 1. The lowest BCUT2D eigenvalue weighted by Crippen LogP contribution is -2.01. The van der Waals surface area contributed by atoms with E-state index in [2.05, 4.69) is 25.9 Å². The predicted molar refractivity (Wildman–Crippen MR) is 79.9 cm³/mol. The molecule has 2 aromatic rings. The fraction of sp³-hybridized carbons (Fsp3) is 0.231. The van der Waals surface area contributed by atoms with Crippen LogP contribution in [0.5, 0.6) is 11.6 Å². The number of rotatable bonds is 2. The van der Waals surface area contributed by atoms with Gasteiger partial charge in [-0.25, -0.2) is 4.98 Å². The molecule has 0 atom stereocenters. The van der Waals surface area contributed by atoms with Crippen molar-refractivity contribution < 1.29 is 4.74 Å². The first kappa shape index (κ1) is 14.1. The monoisotopic (exact) mass is 341 g/mol. The molecule has 100 valence electrons. The van der Waals surface area contributed by atoms with E-state index in [1.54, 1.807) is 6.92 Å². The molecule has 19 heavy (non-hydrogen) atoms. The van der Waals surface area contributed by atoms with Crippen molar-refractivity contribution in [3.05, 3.63) is 38.7 Å². The lowest BCUT2D eigenvalue weighted by Gasteiger charge is -2.11. The van der Waals surface area contributed by atoms with Gasteiger partial charge in [0.2, 0.25) is 11.2 Å². The van der Waals surface area contributed by atoms with Gasteiger partial charge in [0, 0.05) is 4.47 Å². The number of nitrogens with zero attached hydrogens (tertiary/aromatic N) is 2. The van der Waals surface area contributed by atoms with Crippen LogP contribution in [0.1, 0.15) is 16.8 Å². The Morgan fingerprint density at radius 3 is 2.32 bits per heavy atom. The Labute approximate surface area is 125 Å². The van der Waals surface area contributed by atoms with Crippen molar-refractivity contribution in [2.24, 2.45) is 0 Å². The highest BCUT2D eigenvalue weighted by Gasteiger charge is 2.11. The van der Waals surface area contributed by atoms with Crippen LogP contribution in [-0.2, 0) is 0 Å². The van der Waals surface area contributed by atoms with Crippen LogP contribution in [0.2, 0.25) is 5.28 Å². The molecule has 0 saturated carbocycles. The lowest BCUT2D eigenvalue weighted by molar-refractivity contribution is 0.463. The summed E-state index contributed by atoms with van der Waals surface area (Å²) in [5.41, 5.74) is 9.03. The van der Waals surface area contributed by atoms with Gasteiger partial charge in [0.25, 0.3) is 0 Å². The van der Waals surface area contributed by atoms with Crippen LogP contribution in [0, 0.1) is 20.8 Å². The van der Waals surface area contributed by atoms with Crippen molar-refractivity contribution in [3.8, 4) is 11.6 Å².